The summed E-state index contributed by atoms with van der Waals surface area (Å²) in [6, 6.07) is 0. The van der Waals surface area contributed by atoms with E-state index in [1.807, 2.05) is 19.9 Å². The largest absolute Gasteiger partial charge is 0.0988 e. The Balaban J connectivity index is 0.000000671. The topological polar surface area (TPSA) is 0 Å². The van der Waals surface area contributed by atoms with Crippen molar-refractivity contribution >= 4 is 0 Å². The zero-order chi connectivity index (χ0) is 10.5. The molecule has 0 radical (unpaired) electrons. The summed E-state index contributed by atoms with van der Waals surface area (Å²) in [7, 11) is 0. The lowest BCUT2D eigenvalue weighted by Crippen LogP contribution is -2.18. The third-order valence-corrected chi connectivity index (χ3v) is 2.75. The number of allylic oxidation sites excluding steroid dienone is 3. The Morgan fingerprint density at radius 1 is 1.31 bits per heavy atom. The summed E-state index contributed by atoms with van der Waals surface area (Å²) in [5.41, 5.74) is 3.39. The molecule has 0 atom stereocenters. The van der Waals surface area contributed by atoms with Crippen LogP contribution in [0.4, 0.5) is 0 Å². The second-order valence-corrected chi connectivity index (χ2v) is 4.14. The van der Waals surface area contributed by atoms with Crippen LogP contribution in [0.2, 0.25) is 0 Å². The van der Waals surface area contributed by atoms with Gasteiger partial charge in [0.2, 0.25) is 0 Å². The summed E-state index contributed by atoms with van der Waals surface area (Å²) in [4.78, 5) is 0. The minimum Gasteiger partial charge on any atom is -0.0988 e. The van der Waals surface area contributed by atoms with Crippen LogP contribution < -0.4 is 0 Å². The summed E-state index contributed by atoms with van der Waals surface area (Å²) in [6.45, 7) is 14.7. The van der Waals surface area contributed by atoms with Gasteiger partial charge in [-0.25, -0.2) is 0 Å². The van der Waals surface area contributed by atoms with Gasteiger partial charge >= 0.3 is 0 Å². The predicted molar refractivity (Wildman–Crippen MR) is 61.9 cm³/mol. The Morgan fingerprint density at radius 3 is 2.15 bits per heavy atom. The van der Waals surface area contributed by atoms with Crippen LogP contribution in [0.5, 0.6) is 0 Å². The Morgan fingerprint density at radius 2 is 1.85 bits per heavy atom. The molecule has 0 aromatic heterocycles. The van der Waals surface area contributed by atoms with Crippen molar-refractivity contribution in [2.45, 2.75) is 53.9 Å². The number of rotatable bonds is 1. The van der Waals surface area contributed by atoms with E-state index in [1.54, 1.807) is 0 Å². The highest BCUT2D eigenvalue weighted by molar-refractivity contribution is 5.31. The molecule has 0 unspecified atom stereocenters. The molecule has 0 saturated carbocycles. The molecule has 13 heavy (non-hydrogen) atoms. The summed E-state index contributed by atoms with van der Waals surface area (Å²) in [5.74, 6) is 0. The van der Waals surface area contributed by atoms with E-state index in [-0.39, 0.29) is 0 Å². The lowest BCUT2D eigenvalue weighted by atomic mass is 9.73. The third-order valence-electron chi connectivity index (χ3n) is 2.75. The molecular formula is C13H24. The van der Waals surface area contributed by atoms with Gasteiger partial charge in [0.1, 0.15) is 0 Å². The van der Waals surface area contributed by atoms with Gasteiger partial charge in [-0.2, -0.15) is 0 Å². The fourth-order valence-corrected chi connectivity index (χ4v) is 2.09. The predicted octanol–water partition coefficient (Wildman–Crippen LogP) is 4.73. The van der Waals surface area contributed by atoms with Crippen LogP contribution in [-0.2, 0) is 0 Å². The molecule has 0 saturated heterocycles. The van der Waals surface area contributed by atoms with E-state index in [2.05, 4.69) is 27.4 Å². The first-order valence-electron chi connectivity index (χ1n) is 5.40. The number of hydrogen-bond donors (Lipinski definition) is 0. The maximum Gasteiger partial charge on any atom is -0.0104 e. The van der Waals surface area contributed by atoms with E-state index in [0.717, 1.165) is 0 Å². The van der Waals surface area contributed by atoms with Crippen molar-refractivity contribution in [2.24, 2.45) is 5.41 Å². The lowest BCUT2D eigenvalue weighted by molar-refractivity contribution is 0.377. The van der Waals surface area contributed by atoms with Crippen LogP contribution in [0.1, 0.15) is 53.9 Å². The second kappa shape index (κ2) is 5.26. The van der Waals surface area contributed by atoms with E-state index >= 15 is 0 Å². The minimum absolute atomic E-state index is 0.379. The molecule has 0 aromatic carbocycles. The van der Waals surface area contributed by atoms with Crippen LogP contribution in [0.3, 0.4) is 0 Å². The fraction of sp³-hybridized carbons (Fsp3) is 0.692. The fourth-order valence-electron chi connectivity index (χ4n) is 2.09. The van der Waals surface area contributed by atoms with Crippen molar-refractivity contribution in [2.75, 3.05) is 0 Å². The molecule has 0 heteroatoms. The van der Waals surface area contributed by atoms with Crippen molar-refractivity contribution < 1.29 is 0 Å². The van der Waals surface area contributed by atoms with Crippen molar-refractivity contribution in [1.29, 1.82) is 0 Å². The van der Waals surface area contributed by atoms with E-state index in [1.165, 1.54) is 30.4 Å². The summed E-state index contributed by atoms with van der Waals surface area (Å²) in [5, 5.41) is 0. The molecule has 0 bridgehead atoms. The summed E-state index contributed by atoms with van der Waals surface area (Å²) < 4.78 is 0. The van der Waals surface area contributed by atoms with Gasteiger partial charge in [-0.3, -0.25) is 0 Å². The Labute approximate surface area is 83.7 Å². The van der Waals surface area contributed by atoms with Gasteiger partial charge in [-0.05, 0) is 37.2 Å². The van der Waals surface area contributed by atoms with E-state index in [4.69, 9.17) is 0 Å². The number of hydrogen-bond acceptors (Lipinski definition) is 0. The van der Waals surface area contributed by atoms with Crippen LogP contribution in [0.15, 0.2) is 23.8 Å². The first-order valence-corrected chi connectivity index (χ1v) is 5.40. The summed E-state index contributed by atoms with van der Waals surface area (Å²) >= 11 is 0. The maximum atomic E-state index is 3.87. The zero-order valence-electron chi connectivity index (χ0n) is 9.91. The first kappa shape index (κ1) is 12.5. The molecule has 1 aliphatic rings. The quantitative estimate of drug-likeness (QED) is 0.547. The van der Waals surface area contributed by atoms with Crippen molar-refractivity contribution in [1.82, 2.24) is 0 Å². The van der Waals surface area contributed by atoms with Crippen molar-refractivity contribution in [3.05, 3.63) is 23.8 Å². The van der Waals surface area contributed by atoms with Crippen molar-refractivity contribution in [3.63, 3.8) is 0 Å². The van der Waals surface area contributed by atoms with Gasteiger partial charge in [-0.15, -0.1) is 0 Å². The van der Waals surface area contributed by atoms with Gasteiger partial charge in [0.25, 0.3) is 0 Å². The van der Waals surface area contributed by atoms with Gasteiger partial charge < -0.3 is 0 Å². The zero-order valence-corrected chi connectivity index (χ0v) is 9.91. The average molecular weight is 180 g/mol. The minimum atomic E-state index is 0.379. The van der Waals surface area contributed by atoms with Gasteiger partial charge in [0.05, 0.1) is 0 Å². The standard InChI is InChI=1S/C11H18.C2H6/c1-5-10-9(2)7-6-8-11(10,3)4;1-2/h5H,1,6-8H2,2-4H3;1-2H3. The molecule has 0 fully saturated rings. The Hall–Kier alpha value is -0.520. The molecule has 0 aliphatic heterocycles. The van der Waals surface area contributed by atoms with Gasteiger partial charge in [-0.1, -0.05) is 45.9 Å². The van der Waals surface area contributed by atoms with Crippen LogP contribution >= 0.6 is 0 Å². The molecule has 1 aliphatic carbocycles. The van der Waals surface area contributed by atoms with Crippen LogP contribution in [0.25, 0.3) is 0 Å². The van der Waals surface area contributed by atoms with E-state index in [9.17, 15) is 0 Å². The monoisotopic (exact) mass is 180 g/mol. The normalized spacial score (nSPS) is 20.4. The van der Waals surface area contributed by atoms with Crippen LogP contribution in [-0.4, -0.2) is 0 Å². The Bertz CT molecular complexity index is 194. The molecule has 0 N–H and O–H groups in total. The molecule has 76 valence electrons. The smallest absolute Gasteiger partial charge is 0.0104 e. The molecule has 1 rings (SSSR count). The third kappa shape index (κ3) is 3.02. The maximum absolute atomic E-state index is 3.87. The Kier molecular flexibility index (Phi) is 5.05. The van der Waals surface area contributed by atoms with Gasteiger partial charge in [0, 0.05) is 0 Å². The van der Waals surface area contributed by atoms with E-state index in [0.29, 0.717) is 5.41 Å². The van der Waals surface area contributed by atoms with Gasteiger partial charge in [0.15, 0.2) is 0 Å². The highest BCUT2D eigenvalue weighted by Gasteiger charge is 2.25. The highest BCUT2D eigenvalue weighted by atomic mass is 14.3. The second-order valence-electron chi connectivity index (χ2n) is 4.14. The molecular weight excluding hydrogens is 156 g/mol. The first-order chi connectivity index (χ1) is 6.08. The SMILES string of the molecule is C=CC1=C(C)CCCC1(C)C.CC. The van der Waals surface area contributed by atoms with Crippen LogP contribution in [0, 0.1) is 5.41 Å². The lowest BCUT2D eigenvalue weighted by Gasteiger charge is -2.32. The van der Waals surface area contributed by atoms with E-state index < -0.39 is 0 Å². The molecule has 0 heterocycles. The molecule has 0 spiro atoms. The molecule has 0 nitrogen and oxygen atoms in total. The van der Waals surface area contributed by atoms with Crippen molar-refractivity contribution in [3.8, 4) is 0 Å². The summed E-state index contributed by atoms with van der Waals surface area (Å²) in [6.07, 6.45) is 5.96. The average Bonchev–Trinajstić information content (AvgIpc) is 2.07. The highest BCUT2D eigenvalue weighted by Crippen LogP contribution is 2.40. The molecule has 0 aromatic rings. The molecule has 0 amide bonds.